The summed E-state index contributed by atoms with van der Waals surface area (Å²) < 4.78 is 0.935. The molecule has 0 aliphatic heterocycles. The van der Waals surface area contributed by atoms with E-state index in [1.165, 1.54) is 0 Å². The van der Waals surface area contributed by atoms with Crippen molar-refractivity contribution in [3.8, 4) is 0 Å². The highest BCUT2D eigenvalue weighted by Gasteiger charge is 2.07. The fraction of sp³-hybridized carbons (Fsp3) is 0.364. The zero-order valence-corrected chi connectivity index (χ0v) is 12.4. The quantitative estimate of drug-likeness (QED) is 0.634. The fourth-order valence-electron chi connectivity index (χ4n) is 1.12. The highest BCUT2D eigenvalue weighted by molar-refractivity contribution is 14.1. The molecule has 1 atom stereocenters. The van der Waals surface area contributed by atoms with Crippen molar-refractivity contribution in [2.75, 3.05) is 6.54 Å². The van der Waals surface area contributed by atoms with Gasteiger partial charge >= 0.3 is 0 Å². The van der Waals surface area contributed by atoms with Gasteiger partial charge in [0.1, 0.15) is 0 Å². The summed E-state index contributed by atoms with van der Waals surface area (Å²) in [4.78, 5) is 11.7. The summed E-state index contributed by atoms with van der Waals surface area (Å²) in [6, 6.07) is 5.25. The van der Waals surface area contributed by atoms with E-state index in [4.69, 9.17) is 23.2 Å². The van der Waals surface area contributed by atoms with Gasteiger partial charge in [0.25, 0.3) is 5.91 Å². The summed E-state index contributed by atoms with van der Waals surface area (Å²) in [5.74, 6) is -0.115. The van der Waals surface area contributed by atoms with Crippen LogP contribution in [0.25, 0.3) is 0 Å². The van der Waals surface area contributed by atoms with Gasteiger partial charge in [-0.2, -0.15) is 0 Å². The first-order valence-corrected chi connectivity index (χ1v) is 6.77. The third kappa shape index (κ3) is 4.47. The highest BCUT2D eigenvalue weighted by atomic mass is 127. The number of carbonyl (C=O) groups excluding carboxylic acids is 1. The number of amides is 1. The van der Waals surface area contributed by atoms with Crippen molar-refractivity contribution in [2.45, 2.75) is 18.7 Å². The molecule has 1 N–H and O–H groups in total. The van der Waals surface area contributed by atoms with Crippen molar-refractivity contribution in [1.82, 2.24) is 5.32 Å². The van der Waals surface area contributed by atoms with E-state index in [-0.39, 0.29) is 11.3 Å². The summed E-state index contributed by atoms with van der Waals surface area (Å²) in [6.45, 7) is 2.47. The molecular formula is C11H12Cl2INO. The zero-order chi connectivity index (χ0) is 12.1. The van der Waals surface area contributed by atoms with E-state index in [0.29, 0.717) is 17.1 Å². The predicted molar refractivity (Wildman–Crippen MR) is 76.4 cm³/mol. The van der Waals surface area contributed by atoms with Gasteiger partial charge in [0, 0.05) is 21.1 Å². The van der Waals surface area contributed by atoms with Gasteiger partial charge in [0.05, 0.1) is 5.02 Å². The lowest BCUT2D eigenvalue weighted by Crippen LogP contribution is -2.25. The third-order valence-corrected chi connectivity index (χ3v) is 3.80. The normalized spacial score (nSPS) is 12.2. The highest BCUT2D eigenvalue weighted by Crippen LogP contribution is 2.19. The topological polar surface area (TPSA) is 29.1 Å². The molecule has 0 fully saturated rings. The molecule has 5 heteroatoms. The van der Waals surface area contributed by atoms with Gasteiger partial charge in [-0.15, -0.1) is 11.6 Å². The lowest BCUT2D eigenvalue weighted by molar-refractivity contribution is 0.0953. The van der Waals surface area contributed by atoms with Crippen molar-refractivity contribution >= 4 is 51.7 Å². The molecule has 0 radical (unpaired) electrons. The first-order valence-electron chi connectivity index (χ1n) is 4.88. The number of halogens is 3. The molecule has 0 heterocycles. The average Bonchev–Trinajstić information content (AvgIpc) is 2.21. The Kier molecular flexibility index (Phi) is 5.86. The summed E-state index contributed by atoms with van der Waals surface area (Å²) in [6.07, 6.45) is 0.755. The van der Waals surface area contributed by atoms with E-state index >= 15 is 0 Å². The van der Waals surface area contributed by atoms with Crippen molar-refractivity contribution in [2.24, 2.45) is 0 Å². The Hall–Kier alpha value is -0.0000000000000000555. The summed E-state index contributed by atoms with van der Waals surface area (Å²) >= 11 is 13.8. The van der Waals surface area contributed by atoms with Crippen LogP contribution in [0.3, 0.4) is 0 Å². The molecule has 0 spiro atoms. The van der Waals surface area contributed by atoms with Crippen LogP contribution in [0, 0.1) is 3.57 Å². The van der Waals surface area contributed by atoms with Gasteiger partial charge in [-0.25, -0.2) is 0 Å². The minimum absolute atomic E-state index is 0.0700. The van der Waals surface area contributed by atoms with E-state index in [1.54, 1.807) is 12.1 Å². The van der Waals surface area contributed by atoms with Crippen LogP contribution in [0.4, 0.5) is 0 Å². The smallest absolute Gasteiger partial charge is 0.251 e. The monoisotopic (exact) mass is 371 g/mol. The number of hydrogen-bond donors (Lipinski definition) is 1. The first kappa shape index (κ1) is 14.1. The summed E-state index contributed by atoms with van der Waals surface area (Å²) in [7, 11) is 0. The maximum atomic E-state index is 11.7. The van der Waals surface area contributed by atoms with Gasteiger partial charge in [-0.3, -0.25) is 4.79 Å². The maximum absolute atomic E-state index is 11.7. The Morgan fingerprint density at radius 2 is 2.25 bits per heavy atom. The van der Waals surface area contributed by atoms with Crippen molar-refractivity contribution < 1.29 is 4.79 Å². The second-order valence-corrected chi connectivity index (χ2v) is 5.77. The van der Waals surface area contributed by atoms with Crippen LogP contribution >= 0.6 is 45.8 Å². The standard InChI is InChI=1S/C11H12Cl2INO/c1-7(12)4-5-15-11(16)8-2-3-10(14)9(13)6-8/h2-3,6-7H,4-5H2,1H3,(H,15,16). The van der Waals surface area contributed by atoms with Crippen molar-refractivity contribution in [1.29, 1.82) is 0 Å². The first-order chi connectivity index (χ1) is 7.50. The number of rotatable bonds is 4. The molecule has 0 aromatic heterocycles. The van der Waals surface area contributed by atoms with Crippen LogP contribution in [0.1, 0.15) is 23.7 Å². The summed E-state index contributed by atoms with van der Waals surface area (Å²) in [5.41, 5.74) is 0.577. The Bertz CT molecular complexity index is 382. The second-order valence-electron chi connectivity index (χ2n) is 3.45. The SMILES string of the molecule is CC(Cl)CCNC(=O)c1ccc(I)c(Cl)c1. The Morgan fingerprint density at radius 1 is 1.56 bits per heavy atom. The van der Waals surface area contributed by atoms with Crippen LogP contribution in [0.15, 0.2) is 18.2 Å². The molecule has 0 saturated heterocycles. The molecule has 1 aromatic carbocycles. The van der Waals surface area contributed by atoms with Gasteiger partial charge < -0.3 is 5.32 Å². The third-order valence-electron chi connectivity index (χ3n) is 2.01. The lowest BCUT2D eigenvalue weighted by atomic mass is 10.2. The molecule has 16 heavy (non-hydrogen) atoms. The largest absolute Gasteiger partial charge is 0.352 e. The molecule has 1 amide bonds. The minimum Gasteiger partial charge on any atom is -0.352 e. The maximum Gasteiger partial charge on any atom is 0.251 e. The molecule has 0 saturated carbocycles. The number of nitrogens with one attached hydrogen (secondary N) is 1. The fourth-order valence-corrected chi connectivity index (χ4v) is 1.75. The number of carbonyl (C=O) groups is 1. The van der Waals surface area contributed by atoms with Gasteiger partial charge in [-0.05, 0) is 54.1 Å². The van der Waals surface area contributed by atoms with Crippen LogP contribution in [0.5, 0.6) is 0 Å². The molecule has 1 aromatic rings. The van der Waals surface area contributed by atoms with E-state index in [1.807, 2.05) is 13.0 Å². The zero-order valence-electron chi connectivity index (χ0n) is 8.77. The van der Waals surface area contributed by atoms with E-state index in [2.05, 4.69) is 27.9 Å². The molecule has 0 bridgehead atoms. The van der Waals surface area contributed by atoms with Crippen LogP contribution in [-0.2, 0) is 0 Å². The number of hydrogen-bond acceptors (Lipinski definition) is 1. The van der Waals surface area contributed by atoms with Gasteiger partial charge in [-0.1, -0.05) is 11.6 Å². The van der Waals surface area contributed by atoms with E-state index < -0.39 is 0 Å². The molecule has 0 aliphatic rings. The second kappa shape index (κ2) is 6.67. The molecule has 2 nitrogen and oxygen atoms in total. The van der Waals surface area contributed by atoms with Crippen LogP contribution < -0.4 is 5.32 Å². The number of benzene rings is 1. The van der Waals surface area contributed by atoms with Crippen molar-refractivity contribution in [3.63, 3.8) is 0 Å². The number of alkyl halides is 1. The molecular weight excluding hydrogens is 360 g/mol. The average molecular weight is 372 g/mol. The Labute approximate surface area is 119 Å². The lowest BCUT2D eigenvalue weighted by Gasteiger charge is -2.07. The van der Waals surface area contributed by atoms with Crippen LogP contribution in [0.2, 0.25) is 5.02 Å². The van der Waals surface area contributed by atoms with Crippen molar-refractivity contribution in [3.05, 3.63) is 32.4 Å². The van der Waals surface area contributed by atoms with E-state index in [0.717, 1.165) is 9.99 Å². The van der Waals surface area contributed by atoms with Gasteiger partial charge in [0.15, 0.2) is 0 Å². The molecule has 1 unspecified atom stereocenters. The van der Waals surface area contributed by atoms with Crippen LogP contribution in [-0.4, -0.2) is 17.8 Å². The Morgan fingerprint density at radius 3 is 2.81 bits per heavy atom. The Balaban J connectivity index is 2.56. The van der Waals surface area contributed by atoms with Gasteiger partial charge in [0.2, 0.25) is 0 Å². The minimum atomic E-state index is -0.115. The molecule has 1 rings (SSSR count). The predicted octanol–water partition coefficient (Wildman–Crippen LogP) is 3.69. The summed E-state index contributed by atoms with van der Waals surface area (Å²) in [5, 5.41) is 3.46. The molecule has 0 aliphatic carbocycles. The molecule has 88 valence electrons. The van der Waals surface area contributed by atoms with E-state index in [9.17, 15) is 4.79 Å².